The van der Waals surface area contributed by atoms with Gasteiger partial charge in [-0.3, -0.25) is 24.5 Å². The van der Waals surface area contributed by atoms with E-state index in [4.69, 9.17) is 13.7 Å². The molecule has 5 N–H and O–H groups in total. The zero-order valence-corrected chi connectivity index (χ0v) is 12.6. The van der Waals surface area contributed by atoms with Crippen molar-refractivity contribution in [3.63, 3.8) is 0 Å². The summed E-state index contributed by atoms with van der Waals surface area (Å²) in [5.74, 6) is -1.69. The molecule has 14 heteroatoms. The minimum absolute atomic E-state index is 0.0146. The van der Waals surface area contributed by atoms with Gasteiger partial charge < -0.3 is 0 Å². The van der Waals surface area contributed by atoms with E-state index in [0.29, 0.717) is 0 Å². The predicted molar refractivity (Wildman–Crippen MR) is 68.8 cm³/mol. The van der Waals surface area contributed by atoms with Crippen LogP contribution in [0.15, 0.2) is 0 Å². The van der Waals surface area contributed by atoms with Crippen molar-refractivity contribution in [1.29, 1.82) is 0 Å². The lowest BCUT2D eigenvalue weighted by molar-refractivity contribution is 0.442. The number of hydrogen-bond acceptors (Lipinski definition) is 8. The molecule has 11 nitrogen and oxygen atoms in total. The Balaban J connectivity index is 4.18. The minimum atomic E-state index is -4.69. The van der Waals surface area contributed by atoms with Gasteiger partial charge in [0, 0.05) is 13.1 Å². The molecule has 1 unspecified atom stereocenters. The van der Waals surface area contributed by atoms with E-state index in [9.17, 15) is 25.3 Å². The lowest BCUT2D eigenvalue weighted by atomic mass is 10.5. The third-order valence-electron chi connectivity index (χ3n) is 1.98. The Morgan fingerprint density at radius 1 is 0.850 bits per heavy atom. The van der Waals surface area contributed by atoms with Crippen LogP contribution in [0.5, 0.6) is 0 Å². The van der Waals surface area contributed by atoms with Crippen molar-refractivity contribution in [2.24, 2.45) is 0 Å². The zero-order chi connectivity index (χ0) is 16.0. The summed E-state index contributed by atoms with van der Waals surface area (Å²) in [7, 11) is -13.4. The van der Waals surface area contributed by atoms with Gasteiger partial charge in [-0.25, -0.2) is 0 Å². The molecule has 0 spiro atoms. The maximum atomic E-state index is 10.9. The van der Waals surface area contributed by atoms with Crippen LogP contribution in [0.3, 0.4) is 0 Å². The van der Waals surface area contributed by atoms with Gasteiger partial charge in [-0.2, -0.15) is 25.3 Å². The van der Waals surface area contributed by atoms with Crippen LogP contribution in [0.4, 0.5) is 0 Å². The third kappa shape index (κ3) is 11.5. The van der Waals surface area contributed by atoms with Crippen molar-refractivity contribution >= 4 is 30.4 Å². The molecule has 122 valence electrons. The summed E-state index contributed by atoms with van der Waals surface area (Å²) in [5, 5.41) is -1.79. The highest BCUT2D eigenvalue weighted by Gasteiger charge is 2.28. The molecule has 0 bridgehead atoms. The monoisotopic (exact) mass is 356 g/mol. The van der Waals surface area contributed by atoms with Gasteiger partial charge >= 0.3 is 0 Å². The molecule has 0 aromatic rings. The second-order valence-corrected chi connectivity index (χ2v) is 8.60. The van der Waals surface area contributed by atoms with Crippen molar-refractivity contribution < 1.29 is 38.9 Å². The first-order valence-corrected chi connectivity index (χ1v) is 9.86. The lowest BCUT2D eigenvalue weighted by Crippen LogP contribution is -2.44. The van der Waals surface area contributed by atoms with Crippen LogP contribution in [-0.2, 0) is 30.4 Å². The van der Waals surface area contributed by atoms with Gasteiger partial charge in [0.05, 0.1) is 11.5 Å². The van der Waals surface area contributed by atoms with Crippen LogP contribution in [0.2, 0.25) is 0 Å². The largest absolute Gasteiger partial charge is 0.286 e. The van der Waals surface area contributed by atoms with Crippen LogP contribution in [0.1, 0.15) is 6.42 Å². The molecule has 0 aliphatic heterocycles. The SMILES string of the molecule is O=S(=O)(O)CCCNNCC(CS(=O)(=O)O)S(=O)(=O)O. The van der Waals surface area contributed by atoms with E-state index in [-0.39, 0.29) is 13.0 Å². The lowest BCUT2D eigenvalue weighted by Gasteiger charge is -2.13. The van der Waals surface area contributed by atoms with E-state index in [2.05, 4.69) is 10.9 Å². The van der Waals surface area contributed by atoms with Gasteiger partial charge in [0.1, 0.15) is 5.25 Å². The molecule has 0 aliphatic carbocycles. The summed E-state index contributed by atoms with van der Waals surface area (Å²) < 4.78 is 89.3. The molecule has 0 radical (unpaired) electrons. The van der Waals surface area contributed by atoms with Crippen LogP contribution >= 0.6 is 0 Å². The first-order valence-electron chi connectivity index (χ1n) is 5.13. The molecule has 0 saturated carbocycles. The van der Waals surface area contributed by atoms with Gasteiger partial charge in [-0.05, 0) is 6.42 Å². The fraction of sp³-hybridized carbons (Fsp3) is 1.00. The van der Waals surface area contributed by atoms with Crippen molar-refractivity contribution in [3.8, 4) is 0 Å². The van der Waals surface area contributed by atoms with Crippen LogP contribution in [-0.4, -0.2) is 68.8 Å². The highest BCUT2D eigenvalue weighted by Crippen LogP contribution is 2.01. The molecule has 20 heavy (non-hydrogen) atoms. The smallest absolute Gasteiger partial charge is 0.270 e. The summed E-state index contributed by atoms with van der Waals surface area (Å²) >= 11 is 0. The predicted octanol–water partition coefficient (Wildman–Crippen LogP) is -2.50. The van der Waals surface area contributed by atoms with Gasteiger partial charge in [-0.1, -0.05) is 0 Å². The van der Waals surface area contributed by atoms with E-state index < -0.39 is 53.7 Å². The van der Waals surface area contributed by atoms with Gasteiger partial charge in [-0.15, -0.1) is 0 Å². The summed E-state index contributed by atoms with van der Waals surface area (Å²) in [4.78, 5) is 0. The quantitative estimate of drug-likeness (QED) is 0.158. The van der Waals surface area contributed by atoms with Gasteiger partial charge in [0.25, 0.3) is 30.4 Å². The summed E-state index contributed by atoms with van der Waals surface area (Å²) in [5.41, 5.74) is 4.63. The Hall–Kier alpha value is -0.350. The fourth-order valence-corrected chi connectivity index (χ4v) is 3.70. The Labute approximate surface area is 117 Å². The second kappa shape index (κ2) is 7.60. The summed E-state index contributed by atoms with van der Waals surface area (Å²) in [6.45, 7) is -0.506. The molecule has 0 heterocycles. The molecule has 0 amide bonds. The Bertz CT molecular complexity index is 594. The van der Waals surface area contributed by atoms with Gasteiger partial charge in [0.2, 0.25) is 0 Å². The number of hydrazine groups is 1. The van der Waals surface area contributed by atoms with Crippen LogP contribution in [0.25, 0.3) is 0 Å². The molecule has 0 rings (SSSR count). The molecule has 1 atom stereocenters. The van der Waals surface area contributed by atoms with E-state index in [1.54, 1.807) is 0 Å². The summed E-state index contributed by atoms with van der Waals surface area (Å²) in [6, 6.07) is 0. The number of nitrogens with one attached hydrogen (secondary N) is 2. The average molecular weight is 356 g/mol. The highest BCUT2D eigenvalue weighted by atomic mass is 32.2. The average Bonchev–Trinajstić information content (AvgIpc) is 2.16. The van der Waals surface area contributed by atoms with Crippen LogP contribution < -0.4 is 10.9 Å². The highest BCUT2D eigenvalue weighted by molar-refractivity contribution is 7.90. The van der Waals surface area contributed by atoms with E-state index >= 15 is 0 Å². The maximum Gasteiger partial charge on any atom is 0.270 e. The number of hydrogen-bond donors (Lipinski definition) is 5. The Morgan fingerprint density at radius 2 is 1.40 bits per heavy atom. The van der Waals surface area contributed by atoms with E-state index in [1.165, 1.54) is 0 Å². The Kier molecular flexibility index (Phi) is 7.47. The van der Waals surface area contributed by atoms with Crippen molar-refractivity contribution in [1.82, 2.24) is 10.9 Å². The molecular formula is C6H16N2O9S3. The van der Waals surface area contributed by atoms with E-state index in [1.807, 2.05) is 0 Å². The van der Waals surface area contributed by atoms with Crippen molar-refractivity contribution in [3.05, 3.63) is 0 Å². The third-order valence-corrected chi connectivity index (χ3v) is 4.99. The fourth-order valence-electron chi connectivity index (χ4n) is 1.10. The van der Waals surface area contributed by atoms with Crippen molar-refractivity contribution in [2.75, 3.05) is 24.6 Å². The topological polar surface area (TPSA) is 187 Å². The first kappa shape index (κ1) is 19.7. The maximum absolute atomic E-state index is 10.9. The molecule has 0 saturated heterocycles. The molecule has 0 aliphatic rings. The first-order chi connectivity index (χ1) is 8.81. The Morgan fingerprint density at radius 3 is 1.80 bits per heavy atom. The minimum Gasteiger partial charge on any atom is -0.286 e. The molecule has 0 aromatic heterocycles. The normalized spacial score (nSPS) is 15.2. The molecule has 0 fully saturated rings. The molecule has 0 aromatic carbocycles. The van der Waals surface area contributed by atoms with Crippen LogP contribution in [0, 0.1) is 0 Å². The number of rotatable bonds is 10. The summed E-state index contributed by atoms with van der Waals surface area (Å²) in [6.07, 6.45) is 0.0146. The standard InChI is InChI=1S/C6H16N2O9S3/c9-18(10,11)3-1-2-7-8-4-6(20(15,16)17)5-19(12,13)14/h6-8H,1-5H2,(H,9,10,11)(H,12,13,14)(H,15,16,17). The van der Waals surface area contributed by atoms with E-state index in [0.717, 1.165) is 0 Å². The molecular weight excluding hydrogens is 340 g/mol. The van der Waals surface area contributed by atoms with Crippen molar-refractivity contribution in [2.45, 2.75) is 11.7 Å². The zero-order valence-electron chi connectivity index (χ0n) is 10.1. The second-order valence-electron chi connectivity index (χ2n) is 3.83. The van der Waals surface area contributed by atoms with Gasteiger partial charge in [0.15, 0.2) is 0 Å².